The maximum Gasteiger partial charge on any atom is 0.237 e. The van der Waals surface area contributed by atoms with Crippen LogP contribution >= 0.6 is 0 Å². The van der Waals surface area contributed by atoms with Gasteiger partial charge in [0, 0.05) is 12.0 Å². The molecule has 6 nitrogen and oxygen atoms in total. The summed E-state index contributed by atoms with van der Waals surface area (Å²) >= 11 is 0. The summed E-state index contributed by atoms with van der Waals surface area (Å²) in [6, 6.07) is 6.38. The molecule has 2 heterocycles. The number of benzene rings is 1. The zero-order chi connectivity index (χ0) is 14.8. The van der Waals surface area contributed by atoms with Gasteiger partial charge in [0.1, 0.15) is 0 Å². The molecule has 0 radical (unpaired) electrons. The van der Waals surface area contributed by atoms with Crippen molar-refractivity contribution in [3.05, 3.63) is 23.8 Å². The molecule has 0 bridgehead atoms. The van der Waals surface area contributed by atoms with Crippen LogP contribution in [-0.4, -0.2) is 30.7 Å². The molecule has 1 fully saturated rings. The predicted octanol–water partition coefficient (Wildman–Crippen LogP) is 1.18. The second-order valence-corrected chi connectivity index (χ2v) is 5.61. The van der Waals surface area contributed by atoms with E-state index in [0.717, 1.165) is 37.4 Å². The number of hydrogen-bond acceptors (Lipinski definition) is 5. The monoisotopic (exact) mass is 291 g/mol. The minimum Gasteiger partial charge on any atom is -0.454 e. The molecule has 3 N–H and O–H groups in total. The number of amides is 1. The lowest BCUT2D eigenvalue weighted by Crippen LogP contribution is -2.43. The van der Waals surface area contributed by atoms with Crippen molar-refractivity contribution in [1.29, 1.82) is 0 Å². The van der Waals surface area contributed by atoms with E-state index in [9.17, 15) is 4.79 Å². The van der Waals surface area contributed by atoms with Gasteiger partial charge in [0.2, 0.25) is 12.7 Å². The molecule has 0 aromatic heterocycles. The van der Waals surface area contributed by atoms with Gasteiger partial charge >= 0.3 is 0 Å². The molecule has 1 aromatic rings. The zero-order valence-electron chi connectivity index (χ0n) is 12.2. The predicted molar refractivity (Wildman–Crippen MR) is 77.6 cm³/mol. The fourth-order valence-corrected chi connectivity index (χ4v) is 3.05. The molecule has 0 aliphatic carbocycles. The van der Waals surface area contributed by atoms with Crippen molar-refractivity contribution < 1.29 is 14.3 Å². The number of ether oxygens (including phenoxy) is 2. The Hall–Kier alpha value is -1.79. The number of carbonyl (C=O) groups excluding carboxylic acids is 1. The largest absolute Gasteiger partial charge is 0.454 e. The van der Waals surface area contributed by atoms with E-state index >= 15 is 0 Å². The van der Waals surface area contributed by atoms with Gasteiger partial charge in [-0.3, -0.25) is 15.1 Å². The van der Waals surface area contributed by atoms with Gasteiger partial charge in [0.05, 0.1) is 0 Å². The Morgan fingerprint density at radius 1 is 1.33 bits per heavy atom. The molecule has 114 valence electrons. The van der Waals surface area contributed by atoms with E-state index in [0.29, 0.717) is 12.8 Å². The first-order valence-electron chi connectivity index (χ1n) is 7.33. The van der Waals surface area contributed by atoms with Crippen LogP contribution in [-0.2, 0) is 4.79 Å². The van der Waals surface area contributed by atoms with E-state index in [4.69, 9.17) is 15.3 Å². The molecule has 1 unspecified atom stereocenters. The topological polar surface area (TPSA) is 76.8 Å². The molecule has 2 aliphatic rings. The highest BCUT2D eigenvalue weighted by Gasteiger charge is 2.28. The number of carbonyl (C=O) groups is 1. The van der Waals surface area contributed by atoms with E-state index in [1.807, 2.05) is 12.1 Å². The smallest absolute Gasteiger partial charge is 0.237 e. The van der Waals surface area contributed by atoms with Crippen molar-refractivity contribution in [3.63, 3.8) is 0 Å². The van der Waals surface area contributed by atoms with Gasteiger partial charge in [-0.15, -0.1) is 0 Å². The quantitative estimate of drug-likeness (QED) is 0.497. The first-order valence-corrected chi connectivity index (χ1v) is 7.33. The van der Waals surface area contributed by atoms with Crippen molar-refractivity contribution in [2.75, 3.05) is 19.9 Å². The number of likely N-dealkylation sites (tertiary alicyclic amines) is 1. The summed E-state index contributed by atoms with van der Waals surface area (Å²) in [5, 5.41) is 0. The fraction of sp³-hybridized carbons (Fsp3) is 0.533. The zero-order valence-corrected chi connectivity index (χ0v) is 12.2. The maximum absolute atomic E-state index is 11.6. The van der Waals surface area contributed by atoms with Crippen LogP contribution in [0.4, 0.5) is 0 Å². The van der Waals surface area contributed by atoms with E-state index in [-0.39, 0.29) is 11.8 Å². The summed E-state index contributed by atoms with van der Waals surface area (Å²) in [6.45, 7) is 4.27. The van der Waals surface area contributed by atoms with Gasteiger partial charge in [0.15, 0.2) is 11.5 Å². The molecule has 0 spiro atoms. The molecule has 3 rings (SSSR count). The molecule has 1 amide bonds. The Labute approximate surface area is 124 Å². The maximum atomic E-state index is 11.6. The highest BCUT2D eigenvalue weighted by atomic mass is 16.7. The third-order valence-corrected chi connectivity index (χ3v) is 4.47. The van der Waals surface area contributed by atoms with E-state index < -0.39 is 0 Å². The van der Waals surface area contributed by atoms with Crippen LogP contribution in [0.2, 0.25) is 0 Å². The lowest BCUT2D eigenvalue weighted by molar-refractivity contribution is -0.126. The first-order chi connectivity index (χ1) is 10.2. The van der Waals surface area contributed by atoms with Crippen LogP contribution in [0.15, 0.2) is 18.2 Å². The van der Waals surface area contributed by atoms with Gasteiger partial charge < -0.3 is 9.47 Å². The second-order valence-electron chi connectivity index (χ2n) is 5.61. The molecule has 0 saturated carbocycles. The number of hydrazine groups is 1. The van der Waals surface area contributed by atoms with Crippen molar-refractivity contribution in [3.8, 4) is 11.5 Å². The number of hydrogen-bond donors (Lipinski definition) is 2. The summed E-state index contributed by atoms with van der Waals surface area (Å²) in [5.41, 5.74) is 3.46. The molecular weight excluding hydrogens is 270 g/mol. The van der Waals surface area contributed by atoms with Gasteiger partial charge in [-0.2, -0.15) is 0 Å². The standard InChI is InChI=1S/C15H21N3O3/c1-10(12-2-3-13-14(8-12)21-9-20-13)18-6-4-11(5-7-18)15(19)17-16/h2-3,8,10-11H,4-7,9,16H2,1H3,(H,17,19). The SMILES string of the molecule is CC(c1ccc2c(c1)OCO2)N1CCC(C(=O)NN)CC1. The number of nitrogens with zero attached hydrogens (tertiary/aromatic N) is 1. The molecule has 6 heteroatoms. The number of fused-ring (bicyclic) bond motifs is 1. The van der Waals surface area contributed by atoms with E-state index in [2.05, 4.69) is 23.3 Å². The van der Waals surface area contributed by atoms with Gasteiger partial charge in [-0.25, -0.2) is 5.84 Å². The lowest BCUT2D eigenvalue weighted by Gasteiger charge is -2.35. The molecule has 2 aliphatic heterocycles. The minimum atomic E-state index is -0.0506. The van der Waals surface area contributed by atoms with E-state index in [1.165, 1.54) is 5.56 Å². The molecule has 21 heavy (non-hydrogen) atoms. The normalized spacial score (nSPS) is 20.3. The molecule has 1 atom stereocenters. The Kier molecular flexibility index (Phi) is 3.98. The Balaban J connectivity index is 1.64. The van der Waals surface area contributed by atoms with Crippen molar-refractivity contribution in [2.24, 2.45) is 11.8 Å². The minimum absolute atomic E-state index is 0.0372. The van der Waals surface area contributed by atoms with Crippen molar-refractivity contribution >= 4 is 5.91 Å². The number of nitrogens with two attached hydrogens (primary N) is 1. The van der Waals surface area contributed by atoms with Gasteiger partial charge in [0.25, 0.3) is 0 Å². The van der Waals surface area contributed by atoms with Crippen LogP contribution in [0.3, 0.4) is 0 Å². The fourth-order valence-electron chi connectivity index (χ4n) is 3.05. The average molecular weight is 291 g/mol. The van der Waals surface area contributed by atoms with Crippen LogP contribution in [0, 0.1) is 5.92 Å². The number of rotatable bonds is 3. The summed E-state index contributed by atoms with van der Waals surface area (Å²) in [4.78, 5) is 13.9. The van der Waals surface area contributed by atoms with Crippen LogP contribution in [0.5, 0.6) is 11.5 Å². The van der Waals surface area contributed by atoms with Crippen molar-refractivity contribution in [2.45, 2.75) is 25.8 Å². The molecule has 1 aromatic carbocycles. The number of piperidine rings is 1. The third-order valence-electron chi connectivity index (χ3n) is 4.47. The summed E-state index contributed by atoms with van der Waals surface area (Å²) in [5.74, 6) is 6.81. The third kappa shape index (κ3) is 2.82. The van der Waals surface area contributed by atoms with E-state index in [1.54, 1.807) is 0 Å². The molecular formula is C15H21N3O3. The summed E-state index contributed by atoms with van der Waals surface area (Å²) in [7, 11) is 0. The van der Waals surface area contributed by atoms with Gasteiger partial charge in [-0.1, -0.05) is 6.07 Å². The van der Waals surface area contributed by atoms with Crippen molar-refractivity contribution in [1.82, 2.24) is 10.3 Å². The lowest BCUT2D eigenvalue weighted by atomic mass is 9.94. The average Bonchev–Trinajstić information content (AvgIpc) is 3.01. The van der Waals surface area contributed by atoms with Crippen LogP contribution < -0.4 is 20.7 Å². The second kappa shape index (κ2) is 5.91. The Bertz CT molecular complexity index is 527. The Morgan fingerprint density at radius 3 is 2.76 bits per heavy atom. The highest BCUT2D eigenvalue weighted by molar-refractivity contribution is 5.78. The highest BCUT2D eigenvalue weighted by Crippen LogP contribution is 2.36. The molecule has 1 saturated heterocycles. The summed E-state index contributed by atoms with van der Waals surface area (Å²) < 4.78 is 10.8. The first kappa shape index (κ1) is 14.2. The number of nitrogens with one attached hydrogen (secondary N) is 1. The van der Waals surface area contributed by atoms with Gasteiger partial charge in [-0.05, 0) is 50.6 Å². The Morgan fingerprint density at radius 2 is 2.05 bits per heavy atom. The van der Waals surface area contributed by atoms with Crippen LogP contribution in [0.25, 0.3) is 0 Å². The summed E-state index contributed by atoms with van der Waals surface area (Å²) in [6.07, 6.45) is 1.69. The van der Waals surface area contributed by atoms with Crippen LogP contribution in [0.1, 0.15) is 31.4 Å².